The summed E-state index contributed by atoms with van der Waals surface area (Å²) in [5.41, 5.74) is 3.29. The fourth-order valence-corrected chi connectivity index (χ4v) is 3.73. The molecule has 1 N–H and O–H groups in total. The van der Waals surface area contributed by atoms with Crippen LogP contribution in [0.15, 0.2) is 42.5 Å². The van der Waals surface area contributed by atoms with Crippen LogP contribution in [0.4, 0.5) is 5.82 Å². The fourth-order valence-electron chi connectivity index (χ4n) is 3.73. The lowest BCUT2D eigenvalue weighted by Gasteiger charge is -2.14. The average molecular weight is 478 g/mol. The molecule has 9 heteroatoms. The first kappa shape index (κ1) is 25.2. The Labute approximate surface area is 203 Å². The summed E-state index contributed by atoms with van der Waals surface area (Å²) in [5.74, 6) is 0.383. The van der Waals surface area contributed by atoms with Crippen LogP contribution in [0, 0.1) is 25.2 Å². The van der Waals surface area contributed by atoms with Gasteiger partial charge in [-0.15, -0.1) is 0 Å². The van der Waals surface area contributed by atoms with Gasteiger partial charge in [-0.2, -0.15) is 5.26 Å². The molecule has 3 rings (SSSR count). The van der Waals surface area contributed by atoms with Crippen molar-refractivity contribution in [1.82, 2.24) is 4.57 Å². The number of benzene rings is 2. The Morgan fingerprint density at radius 3 is 2.17 bits per heavy atom. The maximum atomic E-state index is 12.7. The standard InChI is InChI=1S/C26H27N3O6/c1-16-17(2)29(19-9-7-6-8-10-19)26(20(16)14-27)28-23(30)15-35-24(31)13-18-11-21(32-3)25(34-5)22(12-18)33-4/h6-12H,13,15H2,1-5H3,(H,28,30). The van der Waals surface area contributed by atoms with Gasteiger partial charge < -0.3 is 24.3 Å². The summed E-state index contributed by atoms with van der Waals surface area (Å²) in [7, 11) is 4.45. The van der Waals surface area contributed by atoms with E-state index in [2.05, 4.69) is 11.4 Å². The first-order chi connectivity index (χ1) is 16.8. The second-order valence-electron chi connectivity index (χ2n) is 7.64. The molecule has 0 aliphatic carbocycles. The molecule has 1 aromatic heterocycles. The quantitative estimate of drug-likeness (QED) is 0.468. The van der Waals surface area contributed by atoms with Gasteiger partial charge in [-0.1, -0.05) is 18.2 Å². The first-order valence-corrected chi connectivity index (χ1v) is 10.8. The summed E-state index contributed by atoms with van der Waals surface area (Å²) in [4.78, 5) is 25.1. The third-order valence-electron chi connectivity index (χ3n) is 5.53. The number of nitrogens with zero attached hydrogens (tertiary/aromatic N) is 2. The van der Waals surface area contributed by atoms with Crippen molar-refractivity contribution in [3.63, 3.8) is 0 Å². The number of carbonyl (C=O) groups excluding carboxylic acids is 2. The topological polar surface area (TPSA) is 112 Å². The van der Waals surface area contributed by atoms with E-state index in [1.165, 1.54) is 21.3 Å². The van der Waals surface area contributed by atoms with Gasteiger partial charge in [0.1, 0.15) is 11.9 Å². The summed E-state index contributed by atoms with van der Waals surface area (Å²) in [6.07, 6.45) is -0.105. The second kappa shape index (κ2) is 11.1. The van der Waals surface area contributed by atoms with Gasteiger partial charge in [-0.25, -0.2) is 0 Å². The van der Waals surface area contributed by atoms with Crippen LogP contribution in [0.25, 0.3) is 5.69 Å². The average Bonchev–Trinajstić information content (AvgIpc) is 3.10. The lowest BCUT2D eigenvalue weighted by molar-refractivity contribution is -0.146. The summed E-state index contributed by atoms with van der Waals surface area (Å²) in [5, 5.41) is 12.4. The zero-order chi connectivity index (χ0) is 25.5. The van der Waals surface area contributed by atoms with Crippen LogP contribution in [-0.2, 0) is 20.7 Å². The number of nitrogens with one attached hydrogen (secondary N) is 1. The van der Waals surface area contributed by atoms with E-state index >= 15 is 0 Å². The second-order valence-corrected chi connectivity index (χ2v) is 7.64. The van der Waals surface area contributed by atoms with Gasteiger partial charge in [0.2, 0.25) is 5.75 Å². The van der Waals surface area contributed by atoms with Crippen LogP contribution in [0.3, 0.4) is 0 Å². The SMILES string of the molecule is COc1cc(CC(=O)OCC(=O)Nc2c(C#N)c(C)c(C)n2-c2ccccc2)cc(OC)c1OC. The van der Waals surface area contributed by atoms with Crippen molar-refractivity contribution in [2.75, 3.05) is 33.3 Å². The van der Waals surface area contributed by atoms with Crippen LogP contribution in [0.2, 0.25) is 0 Å². The van der Waals surface area contributed by atoms with Gasteiger partial charge in [0.05, 0.1) is 33.3 Å². The van der Waals surface area contributed by atoms with E-state index in [1.54, 1.807) is 16.7 Å². The highest BCUT2D eigenvalue weighted by molar-refractivity contribution is 5.94. The van der Waals surface area contributed by atoms with Gasteiger partial charge in [-0.05, 0) is 49.2 Å². The number of anilines is 1. The molecule has 0 saturated carbocycles. The molecule has 0 unspecified atom stereocenters. The third-order valence-corrected chi connectivity index (χ3v) is 5.53. The molecule has 9 nitrogen and oxygen atoms in total. The molecule has 0 atom stereocenters. The Bertz CT molecular complexity index is 1250. The van der Waals surface area contributed by atoms with Crippen molar-refractivity contribution in [3.05, 3.63) is 64.8 Å². The maximum absolute atomic E-state index is 12.7. The smallest absolute Gasteiger partial charge is 0.310 e. The number of methoxy groups -OCH3 is 3. The molecule has 0 aliphatic rings. The highest BCUT2D eigenvalue weighted by Crippen LogP contribution is 2.38. The summed E-state index contributed by atoms with van der Waals surface area (Å²) < 4.78 is 22.9. The highest BCUT2D eigenvalue weighted by atomic mass is 16.5. The lowest BCUT2D eigenvalue weighted by Crippen LogP contribution is -2.23. The molecule has 182 valence electrons. The molecule has 0 saturated heterocycles. The van der Waals surface area contributed by atoms with E-state index in [1.807, 2.05) is 44.2 Å². The Morgan fingerprint density at radius 2 is 1.63 bits per heavy atom. The van der Waals surface area contributed by atoms with Crippen LogP contribution < -0.4 is 19.5 Å². The fraction of sp³-hybridized carbons (Fsp3) is 0.269. The Kier molecular flexibility index (Phi) is 8.00. The Morgan fingerprint density at radius 1 is 1.00 bits per heavy atom. The van der Waals surface area contributed by atoms with E-state index in [-0.39, 0.29) is 6.42 Å². The summed E-state index contributed by atoms with van der Waals surface area (Å²) in [6.45, 7) is 3.18. The third kappa shape index (κ3) is 5.38. The molecule has 0 fully saturated rings. The Hall–Kier alpha value is -4.45. The maximum Gasteiger partial charge on any atom is 0.310 e. The van der Waals surface area contributed by atoms with Crippen LogP contribution in [0.1, 0.15) is 22.4 Å². The minimum atomic E-state index is -0.610. The largest absolute Gasteiger partial charge is 0.493 e. The number of hydrogen-bond acceptors (Lipinski definition) is 7. The van der Waals surface area contributed by atoms with E-state index in [4.69, 9.17) is 18.9 Å². The number of rotatable bonds is 9. The molecule has 35 heavy (non-hydrogen) atoms. The van der Waals surface area contributed by atoms with Crippen LogP contribution in [-0.4, -0.2) is 44.4 Å². The van der Waals surface area contributed by atoms with Gasteiger partial charge in [0.25, 0.3) is 5.91 Å². The predicted octanol–water partition coefficient (Wildman–Crippen LogP) is 3.72. The number of carbonyl (C=O) groups is 2. The first-order valence-electron chi connectivity index (χ1n) is 10.8. The lowest BCUT2D eigenvalue weighted by atomic mass is 10.1. The number of aromatic nitrogens is 1. The van der Waals surface area contributed by atoms with Crippen molar-refractivity contribution in [3.8, 4) is 29.0 Å². The monoisotopic (exact) mass is 477 g/mol. The molecule has 1 amide bonds. The van der Waals surface area contributed by atoms with E-state index in [0.29, 0.717) is 34.2 Å². The van der Waals surface area contributed by atoms with E-state index in [0.717, 1.165) is 16.9 Å². The minimum Gasteiger partial charge on any atom is -0.493 e. The van der Waals surface area contributed by atoms with Crippen molar-refractivity contribution in [2.45, 2.75) is 20.3 Å². The summed E-state index contributed by atoms with van der Waals surface area (Å²) >= 11 is 0. The van der Waals surface area contributed by atoms with Gasteiger partial charge >= 0.3 is 5.97 Å². The van der Waals surface area contributed by atoms with Crippen molar-refractivity contribution in [2.24, 2.45) is 0 Å². The number of esters is 1. The summed E-state index contributed by atoms with van der Waals surface area (Å²) in [6, 6.07) is 14.8. The van der Waals surface area contributed by atoms with Gasteiger partial charge in [0, 0.05) is 11.4 Å². The van der Waals surface area contributed by atoms with E-state index in [9.17, 15) is 14.9 Å². The molecule has 3 aromatic rings. The van der Waals surface area contributed by atoms with Crippen molar-refractivity contribution in [1.29, 1.82) is 5.26 Å². The molecular weight excluding hydrogens is 450 g/mol. The molecule has 0 radical (unpaired) electrons. The van der Waals surface area contributed by atoms with Gasteiger partial charge in [-0.3, -0.25) is 14.2 Å². The highest BCUT2D eigenvalue weighted by Gasteiger charge is 2.21. The molecular formula is C26H27N3O6. The zero-order valence-electron chi connectivity index (χ0n) is 20.3. The zero-order valence-corrected chi connectivity index (χ0v) is 20.3. The molecule has 0 spiro atoms. The predicted molar refractivity (Wildman–Crippen MR) is 129 cm³/mol. The van der Waals surface area contributed by atoms with Gasteiger partial charge in [0.15, 0.2) is 18.1 Å². The molecule has 2 aromatic carbocycles. The molecule has 0 bridgehead atoms. The normalized spacial score (nSPS) is 10.3. The number of hydrogen-bond donors (Lipinski definition) is 1. The molecule has 0 aliphatic heterocycles. The van der Waals surface area contributed by atoms with Crippen molar-refractivity contribution < 1.29 is 28.5 Å². The number of nitriles is 1. The Balaban J connectivity index is 1.72. The molecule has 1 heterocycles. The van der Waals surface area contributed by atoms with E-state index < -0.39 is 18.5 Å². The van der Waals surface area contributed by atoms with Crippen LogP contribution in [0.5, 0.6) is 17.2 Å². The number of amides is 1. The number of ether oxygens (including phenoxy) is 4. The minimum absolute atomic E-state index is 0.105. The van der Waals surface area contributed by atoms with Crippen molar-refractivity contribution >= 4 is 17.7 Å². The van der Waals surface area contributed by atoms with Crippen LogP contribution >= 0.6 is 0 Å². The number of para-hydroxylation sites is 1.